The van der Waals surface area contributed by atoms with E-state index in [4.69, 9.17) is 10.7 Å². The molecule has 0 saturated heterocycles. The van der Waals surface area contributed by atoms with Gasteiger partial charge >= 0.3 is 0 Å². The number of rotatable bonds is 10. The second-order valence-corrected chi connectivity index (χ2v) is 15.1. The van der Waals surface area contributed by atoms with Gasteiger partial charge in [-0.2, -0.15) is 0 Å². The van der Waals surface area contributed by atoms with E-state index >= 15 is 0 Å². The lowest BCUT2D eigenvalue weighted by molar-refractivity contribution is -0.0170. The molecule has 4 aromatic rings. The van der Waals surface area contributed by atoms with Crippen LogP contribution in [-0.2, 0) is 11.8 Å². The van der Waals surface area contributed by atoms with E-state index in [2.05, 4.69) is 58.8 Å². The molecule has 3 fully saturated rings. The van der Waals surface area contributed by atoms with Gasteiger partial charge in [-0.1, -0.05) is 33.3 Å². The minimum absolute atomic E-state index is 0.0256. The summed E-state index contributed by atoms with van der Waals surface area (Å²) in [5.74, 6) is 3.09. The van der Waals surface area contributed by atoms with Gasteiger partial charge in [-0.3, -0.25) is 4.90 Å². The lowest BCUT2D eigenvalue weighted by Crippen LogP contribution is -2.50. The second kappa shape index (κ2) is 11.7. The molecule has 0 spiro atoms. The van der Waals surface area contributed by atoms with Crippen LogP contribution in [0.25, 0.3) is 22.1 Å². The quantitative estimate of drug-likeness (QED) is 0.193. The number of fused-ring (bicyclic) bond motifs is 2. The molecule has 5 N–H and O–H groups in total. The lowest BCUT2D eigenvalue weighted by atomic mass is 9.75. The minimum Gasteiger partial charge on any atom is -0.390 e. The predicted molar refractivity (Wildman–Crippen MR) is 174 cm³/mol. The summed E-state index contributed by atoms with van der Waals surface area (Å²) in [6.07, 6.45) is 12.3. The number of benzene rings is 1. The van der Waals surface area contributed by atoms with Gasteiger partial charge < -0.3 is 25.5 Å². The molecule has 3 aromatic heterocycles. The minimum atomic E-state index is -0.829. The first kappa shape index (κ1) is 29.7. The number of nitrogens with two attached hydrogens (primary N) is 1. The average molecular weight is 600 g/mol. The Balaban J connectivity index is 0.947. The predicted octanol–water partition coefficient (Wildman–Crippen LogP) is 5.37. The van der Waals surface area contributed by atoms with E-state index in [9.17, 15) is 10.2 Å². The molecule has 3 aliphatic carbocycles. The molecule has 9 heteroatoms. The molecular weight excluding hydrogens is 550 g/mol. The first-order chi connectivity index (χ1) is 21.1. The number of aromatic nitrogens is 5. The van der Waals surface area contributed by atoms with Crippen molar-refractivity contribution in [3.05, 3.63) is 48.2 Å². The van der Waals surface area contributed by atoms with E-state index in [0.717, 1.165) is 72.1 Å². The van der Waals surface area contributed by atoms with Gasteiger partial charge in [0.25, 0.3) is 0 Å². The largest absolute Gasteiger partial charge is 0.390 e. The maximum atomic E-state index is 11.2. The molecule has 4 atom stereocenters. The maximum absolute atomic E-state index is 11.2. The fourth-order valence-electron chi connectivity index (χ4n) is 7.93. The molecule has 236 valence electrons. The molecule has 0 aliphatic heterocycles. The summed E-state index contributed by atoms with van der Waals surface area (Å²) in [7, 11) is 0. The van der Waals surface area contributed by atoms with Crippen LogP contribution in [0.2, 0.25) is 0 Å². The van der Waals surface area contributed by atoms with Crippen LogP contribution in [0.1, 0.15) is 89.6 Å². The van der Waals surface area contributed by atoms with Crippen molar-refractivity contribution in [1.29, 1.82) is 0 Å². The Kier molecular flexibility index (Phi) is 7.91. The summed E-state index contributed by atoms with van der Waals surface area (Å²) in [6, 6.07) is 8.88. The number of nitrogens with one attached hydrogen (secondary N) is 1. The molecule has 3 saturated carbocycles. The molecule has 0 amide bonds. The molecule has 3 aliphatic rings. The summed E-state index contributed by atoms with van der Waals surface area (Å²) in [4.78, 5) is 19.7. The standard InChI is InChI=1S/C35H49N7O2/c1-35(2,3)24-10-11-27-28(17-24)40-30(39-27)9-5-8-22-14-25(15-22)41(18-21-6-4-7-21)19-23-16-29(32(44)31(23)43)42-13-12-26-33(36)37-20-38-34(26)42/h10-13,17,20-23,25,29,31-32,43-44H,4-9,14-16,18-19H2,1-3H3,(H,39,40)(H2,36,37,38)/t22-,23-,25-,29-,31-,32+/m1/s1. The highest BCUT2D eigenvalue weighted by atomic mass is 16.3. The molecule has 1 aromatic carbocycles. The number of aromatic amines is 1. The van der Waals surface area contributed by atoms with Crippen molar-refractivity contribution in [1.82, 2.24) is 29.4 Å². The Hall–Kier alpha value is -3.01. The van der Waals surface area contributed by atoms with Crippen LogP contribution in [-0.4, -0.2) is 71.0 Å². The lowest BCUT2D eigenvalue weighted by Gasteiger charge is -2.46. The van der Waals surface area contributed by atoms with Crippen molar-refractivity contribution in [3.63, 3.8) is 0 Å². The van der Waals surface area contributed by atoms with Crippen LogP contribution in [0.4, 0.5) is 5.82 Å². The van der Waals surface area contributed by atoms with E-state index in [-0.39, 0.29) is 17.4 Å². The van der Waals surface area contributed by atoms with Gasteiger partial charge in [-0.25, -0.2) is 15.0 Å². The Bertz CT molecular complexity index is 1600. The third kappa shape index (κ3) is 5.74. The summed E-state index contributed by atoms with van der Waals surface area (Å²) >= 11 is 0. The Morgan fingerprint density at radius 2 is 1.84 bits per heavy atom. The van der Waals surface area contributed by atoms with Crippen LogP contribution >= 0.6 is 0 Å². The Morgan fingerprint density at radius 1 is 1.02 bits per heavy atom. The monoisotopic (exact) mass is 599 g/mol. The summed E-state index contributed by atoms with van der Waals surface area (Å²) < 4.78 is 1.99. The fraction of sp³-hybridized carbons (Fsp3) is 0.629. The molecule has 0 bridgehead atoms. The first-order valence-electron chi connectivity index (χ1n) is 16.8. The van der Waals surface area contributed by atoms with Crippen LogP contribution in [0.5, 0.6) is 0 Å². The number of aliphatic hydroxyl groups is 2. The zero-order chi connectivity index (χ0) is 30.6. The van der Waals surface area contributed by atoms with Crippen LogP contribution in [0.15, 0.2) is 36.8 Å². The molecule has 0 radical (unpaired) electrons. The zero-order valence-corrected chi connectivity index (χ0v) is 26.5. The molecule has 0 unspecified atom stereocenters. The third-order valence-electron chi connectivity index (χ3n) is 11.0. The highest BCUT2D eigenvalue weighted by Crippen LogP contribution is 2.42. The van der Waals surface area contributed by atoms with E-state index in [1.54, 1.807) is 0 Å². The van der Waals surface area contributed by atoms with Gasteiger partial charge in [0.05, 0.1) is 28.6 Å². The third-order valence-corrected chi connectivity index (χ3v) is 11.0. The van der Waals surface area contributed by atoms with E-state index in [0.29, 0.717) is 11.9 Å². The fourth-order valence-corrected chi connectivity index (χ4v) is 7.93. The molecule has 7 rings (SSSR count). The van der Waals surface area contributed by atoms with E-state index in [1.807, 2.05) is 16.8 Å². The first-order valence-corrected chi connectivity index (χ1v) is 16.8. The molecule has 3 heterocycles. The summed E-state index contributed by atoms with van der Waals surface area (Å²) in [5.41, 5.74) is 10.4. The molecule has 44 heavy (non-hydrogen) atoms. The van der Waals surface area contributed by atoms with Gasteiger partial charge in [0, 0.05) is 37.7 Å². The Morgan fingerprint density at radius 3 is 2.59 bits per heavy atom. The van der Waals surface area contributed by atoms with Gasteiger partial charge in [-0.15, -0.1) is 0 Å². The second-order valence-electron chi connectivity index (χ2n) is 15.1. The van der Waals surface area contributed by atoms with Crippen molar-refractivity contribution in [2.24, 2.45) is 17.8 Å². The number of imidazole rings is 1. The number of hydrogen-bond donors (Lipinski definition) is 4. The normalized spacial score (nSPS) is 27.8. The van der Waals surface area contributed by atoms with Crippen molar-refractivity contribution < 1.29 is 10.2 Å². The van der Waals surface area contributed by atoms with Gasteiger partial charge in [0.2, 0.25) is 0 Å². The number of aliphatic hydroxyl groups excluding tert-OH is 2. The van der Waals surface area contributed by atoms with E-state index < -0.39 is 12.2 Å². The number of nitrogen functional groups attached to an aromatic ring is 1. The molecule has 9 nitrogen and oxygen atoms in total. The SMILES string of the molecule is CC(C)(C)c1ccc2[nH]c(CCC[C@H]3C[C@H](N(CC4CCC4)C[C@H]4C[C@@H](n5ccc6c(N)ncnc65)[C@H](O)[C@@H]4O)C3)nc2c1. The van der Waals surface area contributed by atoms with Crippen molar-refractivity contribution in [2.75, 3.05) is 18.8 Å². The zero-order valence-electron chi connectivity index (χ0n) is 26.5. The Labute approximate surface area is 260 Å². The van der Waals surface area contributed by atoms with Gasteiger partial charge in [-0.05, 0) is 86.0 Å². The maximum Gasteiger partial charge on any atom is 0.145 e. The van der Waals surface area contributed by atoms with E-state index in [1.165, 1.54) is 50.4 Å². The highest BCUT2D eigenvalue weighted by molar-refractivity contribution is 5.86. The van der Waals surface area contributed by atoms with Crippen molar-refractivity contribution in [3.8, 4) is 0 Å². The van der Waals surface area contributed by atoms with Crippen molar-refractivity contribution >= 4 is 27.9 Å². The van der Waals surface area contributed by atoms with Gasteiger partial charge in [0.15, 0.2) is 0 Å². The molecular formula is C35H49N7O2. The van der Waals surface area contributed by atoms with Crippen LogP contribution in [0, 0.1) is 17.8 Å². The topological polar surface area (TPSA) is 129 Å². The number of aryl methyl sites for hydroxylation is 1. The van der Waals surface area contributed by atoms with Crippen LogP contribution < -0.4 is 5.73 Å². The van der Waals surface area contributed by atoms with Crippen molar-refractivity contribution in [2.45, 2.75) is 108 Å². The number of hydrogen-bond acceptors (Lipinski definition) is 7. The summed E-state index contributed by atoms with van der Waals surface area (Å²) in [6.45, 7) is 8.70. The van der Waals surface area contributed by atoms with Crippen LogP contribution in [0.3, 0.4) is 0 Å². The average Bonchev–Trinajstić information content (AvgIpc) is 3.63. The highest BCUT2D eigenvalue weighted by Gasteiger charge is 2.45. The number of nitrogens with zero attached hydrogens (tertiary/aromatic N) is 5. The number of anilines is 1. The number of H-pyrrole nitrogens is 1. The summed E-state index contributed by atoms with van der Waals surface area (Å²) in [5, 5.41) is 23.1. The van der Waals surface area contributed by atoms with Gasteiger partial charge in [0.1, 0.15) is 29.7 Å². The smallest absolute Gasteiger partial charge is 0.145 e.